The molecule has 0 heterocycles. The van der Waals surface area contributed by atoms with Gasteiger partial charge in [0.25, 0.3) is 0 Å². The van der Waals surface area contributed by atoms with Crippen molar-refractivity contribution in [3.05, 3.63) is 220 Å². The van der Waals surface area contributed by atoms with Crippen LogP contribution in [0.25, 0.3) is 11.1 Å². The minimum atomic E-state index is -2.75. The molecule has 0 bridgehead atoms. The number of hydrogen-bond acceptors (Lipinski definition) is 0. The molecular formula is C57H60Cl2Zr. The zero-order valence-corrected chi connectivity index (χ0v) is 40.5. The predicted molar refractivity (Wildman–Crippen MR) is 246 cm³/mol. The van der Waals surface area contributed by atoms with Crippen LogP contribution >= 0.6 is 0 Å². The predicted octanol–water partition coefficient (Wildman–Crippen LogP) is 7.51. The summed E-state index contributed by atoms with van der Waals surface area (Å²) in [6.45, 7) is 17.1. The van der Waals surface area contributed by atoms with Crippen LogP contribution in [0.5, 0.6) is 0 Å². The molecule has 2 atom stereocenters. The summed E-state index contributed by atoms with van der Waals surface area (Å²) in [5.41, 5.74) is 16.1. The van der Waals surface area contributed by atoms with E-state index in [1.165, 1.54) is 50.1 Å². The van der Waals surface area contributed by atoms with Crippen LogP contribution in [0.3, 0.4) is 0 Å². The number of halogens is 2. The summed E-state index contributed by atoms with van der Waals surface area (Å²) in [5.74, 6) is 0.997. The van der Waals surface area contributed by atoms with E-state index in [9.17, 15) is 0 Å². The van der Waals surface area contributed by atoms with Gasteiger partial charge in [-0.15, -0.1) is 0 Å². The Morgan fingerprint density at radius 3 is 1.70 bits per heavy atom. The Labute approximate surface area is 381 Å². The molecule has 306 valence electrons. The van der Waals surface area contributed by atoms with Gasteiger partial charge in [-0.2, -0.15) is 0 Å². The van der Waals surface area contributed by atoms with E-state index in [0.717, 1.165) is 25.7 Å². The van der Waals surface area contributed by atoms with Crippen LogP contribution in [0.1, 0.15) is 91.6 Å². The molecule has 3 heteroatoms. The zero-order valence-electron chi connectivity index (χ0n) is 36.5. The van der Waals surface area contributed by atoms with Gasteiger partial charge in [-0.05, 0) is 0 Å². The molecule has 0 nitrogen and oxygen atoms in total. The number of rotatable bonds is 13. The van der Waals surface area contributed by atoms with Gasteiger partial charge in [0.1, 0.15) is 0 Å². The summed E-state index contributed by atoms with van der Waals surface area (Å²) in [6.07, 6.45) is 14.0. The van der Waals surface area contributed by atoms with E-state index in [0.29, 0.717) is 15.5 Å². The monoisotopic (exact) mass is 904 g/mol. The average Bonchev–Trinajstić information content (AvgIpc) is 3.90. The number of aryl methyl sites for hydroxylation is 1. The smallest absolute Gasteiger partial charge is 1.00 e. The second-order valence-electron chi connectivity index (χ2n) is 18.3. The van der Waals surface area contributed by atoms with E-state index in [1.807, 2.05) is 0 Å². The van der Waals surface area contributed by atoms with Crippen molar-refractivity contribution in [2.24, 2.45) is 11.8 Å². The topological polar surface area (TPSA) is 0 Å². The molecule has 60 heavy (non-hydrogen) atoms. The van der Waals surface area contributed by atoms with Gasteiger partial charge in [0.2, 0.25) is 0 Å². The van der Waals surface area contributed by atoms with Gasteiger partial charge in [0.05, 0.1) is 0 Å². The Hall–Kier alpha value is -3.87. The van der Waals surface area contributed by atoms with Crippen LogP contribution in [0, 0.1) is 18.8 Å². The first-order valence-electron chi connectivity index (χ1n) is 21.6. The molecule has 0 spiro atoms. The fourth-order valence-corrected chi connectivity index (χ4v) is 19.1. The fourth-order valence-electron chi connectivity index (χ4n) is 10.2. The molecule has 2 unspecified atom stereocenters. The summed E-state index contributed by atoms with van der Waals surface area (Å²) in [4.78, 5) is 0. The third-order valence-electron chi connectivity index (χ3n) is 14.0. The Bertz CT molecular complexity index is 2420. The van der Waals surface area contributed by atoms with Gasteiger partial charge in [0.15, 0.2) is 0 Å². The average molecular weight is 907 g/mol. The zero-order chi connectivity index (χ0) is 40.4. The van der Waals surface area contributed by atoms with E-state index in [1.54, 1.807) is 17.6 Å². The van der Waals surface area contributed by atoms with Crippen molar-refractivity contribution in [2.45, 2.75) is 88.6 Å². The minimum absolute atomic E-state index is 0. The Balaban J connectivity index is 0.00000302. The van der Waals surface area contributed by atoms with Crippen LogP contribution < -0.4 is 28.1 Å². The van der Waals surface area contributed by atoms with E-state index in [4.69, 9.17) is 0 Å². The SMILES string of the molecule is Cc1cc2c(cc1C(C)(C)c1ccccc1)-c1ccc(CC(C)C(C)C(C)(C)c3ccccc3)[c]([Zr+2](=[C](Cc3ccccc3)Cc3ccccc3)[CH]3C=CC=C3)c1C2.[Cl-].[Cl-]. The molecule has 2 aliphatic rings. The van der Waals surface area contributed by atoms with Crippen molar-refractivity contribution in [3.63, 3.8) is 0 Å². The summed E-state index contributed by atoms with van der Waals surface area (Å²) >= 11 is -2.75. The summed E-state index contributed by atoms with van der Waals surface area (Å²) < 4.78 is 4.05. The molecular weight excluding hydrogens is 847 g/mol. The van der Waals surface area contributed by atoms with Gasteiger partial charge in [-0.3, -0.25) is 0 Å². The standard InChI is InChI=1S/C37H41.C15H14.C5H5.2ClH.Zr/c1-25(27(3)36(4,5)31-14-10-8-11-15-31)20-28-18-19-33-30(22-28)23-29-21-26(2)35(24-34(29)33)37(6,7)32-16-12-9-13-17-32;1-3-8-14(9-4-1)12-7-13-15-10-5-2-6-11-15;1-2-4-5-3-1;;;/h8-19,21,24-25,27H,20,23H2,1-7H3;1-6,8-11H,12-13H2;1-5H;2*1H;/q;;;;;+2/p-2. The molecule has 0 amide bonds. The van der Waals surface area contributed by atoms with Crippen molar-refractivity contribution in [3.8, 4) is 11.1 Å². The molecule has 6 aromatic rings. The molecule has 0 saturated heterocycles. The first-order chi connectivity index (χ1) is 28.0. The first kappa shape index (κ1) is 45.7. The normalized spacial score (nSPS) is 14.0. The van der Waals surface area contributed by atoms with Crippen LogP contribution in [0.15, 0.2) is 170 Å². The Kier molecular flexibility index (Phi) is 14.8. The summed E-state index contributed by atoms with van der Waals surface area (Å²) in [5, 5.41) is 0. The first-order valence-corrected chi connectivity index (χ1v) is 25.5. The van der Waals surface area contributed by atoms with Crippen molar-refractivity contribution >= 4 is 6.48 Å². The summed E-state index contributed by atoms with van der Waals surface area (Å²) in [7, 11) is 0. The maximum atomic E-state index is 2.59. The molecule has 2 aliphatic carbocycles. The van der Waals surface area contributed by atoms with E-state index in [2.05, 4.69) is 218 Å². The number of benzene rings is 6. The third-order valence-corrected chi connectivity index (χ3v) is 22.2. The van der Waals surface area contributed by atoms with Gasteiger partial charge in [-0.25, -0.2) is 0 Å². The maximum Gasteiger partial charge on any atom is -1.00 e. The van der Waals surface area contributed by atoms with Gasteiger partial charge in [0, 0.05) is 0 Å². The summed E-state index contributed by atoms with van der Waals surface area (Å²) in [6, 6.07) is 55.2. The van der Waals surface area contributed by atoms with E-state index >= 15 is 0 Å². The van der Waals surface area contributed by atoms with Crippen molar-refractivity contribution in [1.82, 2.24) is 0 Å². The fraction of sp³-hybridized carbons (Fsp3) is 0.281. The van der Waals surface area contributed by atoms with E-state index in [-0.39, 0.29) is 35.6 Å². The van der Waals surface area contributed by atoms with Crippen LogP contribution in [0.2, 0.25) is 3.63 Å². The number of fused-ring (bicyclic) bond motifs is 3. The third kappa shape index (κ3) is 9.31. The minimum Gasteiger partial charge on any atom is -1.00 e. The second kappa shape index (κ2) is 19.5. The quantitative estimate of drug-likeness (QED) is 0.113. The Morgan fingerprint density at radius 2 is 1.15 bits per heavy atom. The van der Waals surface area contributed by atoms with E-state index < -0.39 is 21.3 Å². The van der Waals surface area contributed by atoms with Crippen molar-refractivity contribution < 1.29 is 46.1 Å². The van der Waals surface area contributed by atoms with Gasteiger partial charge >= 0.3 is 359 Å². The van der Waals surface area contributed by atoms with Crippen molar-refractivity contribution in [1.29, 1.82) is 0 Å². The molecule has 0 radical (unpaired) electrons. The maximum absolute atomic E-state index is 2.75. The van der Waals surface area contributed by atoms with Gasteiger partial charge < -0.3 is 24.8 Å². The molecule has 0 N–H and O–H groups in total. The molecule has 6 aromatic carbocycles. The molecule has 0 aliphatic heterocycles. The van der Waals surface area contributed by atoms with Gasteiger partial charge in [-0.1, -0.05) is 0 Å². The van der Waals surface area contributed by atoms with Crippen LogP contribution in [0.4, 0.5) is 0 Å². The molecule has 0 saturated carbocycles. The number of allylic oxidation sites excluding steroid dienone is 4. The number of hydrogen-bond donors (Lipinski definition) is 0. The van der Waals surface area contributed by atoms with Crippen molar-refractivity contribution in [2.75, 3.05) is 0 Å². The molecule has 8 rings (SSSR count). The molecule has 0 aromatic heterocycles. The second-order valence-corrected chi connectivity index (χ2v) is 25.0. The largest absolute Gasteiger partial charge is 1.00 e. The van der Waals surface area contributed by atoms with Crippen LogP contribution in [-0.4, -0.2) is 3.21 Å². The Morgan fingerprint density at radius 1 is 0.633 bits per heavy atom. The van der Waals surface area contributed by atoms with Crippen LogP contribution in [-0.2, 0) is 57.8 Å². The molecule has 0 fully saturated rings.